The molecule has 1 aliphatic heterocycles. The number of carbonyl (C=O) groups is 3. The number of nitrogens with one attached hydrogen (secondary N) is 1. The number of amides is 3. The van der Waals surface area contributed by atoms with Crippen molar-refractivity contribution in [1.29, 1.82) is 0 Å². The number of benzene rings is 3. The second-order valence-electron chi connectivity index (χ2n) is 6.73. The first-order valence-electron chi connectivity index (χ1n) is 9.28. The van der Waals surface area contributed by atoms with Gasteiger partial charge in [-0.25, -0.2) is 4.90 Å². The number of nitrogen functional groups attached to an aromatic ring is 1. The van der Waals surface area contributed by atoms with E-state index in [1.807, 2.05) is 6.92 Å². The summed E-state index contributed by atoms with van der Waals surface area (Å²) >= 11 is 0. The molecule has 0 unspecified atom stereocenters. The second-order valence-corrected chi connectivity index (χ2v) is 6.73. The average molecular weight is 385 g/mol. The summed E-state index contributed by atoms with van der Waals surface area (Å²) in [6.07, 6.45) is 0.607. The molecule has 0 atom stereocenters. The molecule has 0 fully saturated rings. The van der Waals surface area contributed by atoms with Gasteiger partial charge in [-0.05, 0) is 48.4 Å². The van der Waals surface area contributed by atoms with Crippen molar-refractivity contribution in [1.82, 2.24) is 0 Å². The Labute approximate surface area is 167 Å². The van der Waals surface area contributed by atoms with Crippen LogP contribution < -0.4 is 16.0 Å². The highest BCUT2D eigenvalue weighted by Gasteiger charge is 2.37. The molecule has 0 saturated heterocycles. The van der Waals surface area contributed by atoms with Gasteiger partial charge < -0.3 is 11.1 Å². The highest BCUT2D eigenvalue weighted by atomic mass is 16.2. The van der Waals surface area contributed by atoms with Crippen LogP contribution in [-0.4, -0.2) is 17.7 Å². The van der Waals surface area contributed by atoms with E-state index in [2.05, 4.69) is 5.32 Å². The normalized spacial score (nSPS) is 12.8. The van der Waals surface area contributed by atoms with E-state index in [9.17, 15) is 14.4 Å². The third kappa shape index (κ3) is 3.14. The van der Waals surface area contributed by atoms with Crippen molar-refractivity contribution >= 4 is 34.8 Å². The molecule has 0 radical (unpaired) electrons. The van der Waals surface area contributed by atoms with Crippen molar-refractivity contribution in [3.05, 3.63) is 89.0 Å². The SMILES string of the molecule is CCc1ccc(C(=O)Nc2ccccc2N)cc1N1C(=O)c2ccccc2C1=O. The van der Waals surface area contributed by atoms with E-state index in [0.717, 1.165) is 10.5 Å². The lowest BCUT2D eigenvalue weighted by Crippen LogP contribution is -2.30. The summed E-state index contributed by atoms with van der Waals surface area (Å²) in [6.45, 7) is 1.93. The Morgan fingerprint density at radius 1 is 0.931 bits per heavy atom. The van der Waals surface area contributed by atoms with Crippen LogP contribution in [0.15, 0.2) is 66.7 Å². The third-order valence-electron chi connectivity index (χ3n) is 4.97. The fourth-order valence-electron chi connectivity index (χ4n) is 3.43. The molecule has 29 heavy (non-hydrogen) atoms. The van der Waals surface area contributed by atoms with Gasteiger partial charge in [-0.1, -0.05) is 37.3 Å². The van der Waals surface area contributed by atoms with Crippen molar-refractivity contribution in [2.75, 3.05) is 16.0 Å². The number of imide groups is 1. The van der Waals surface area contributed by atoms with Gasteiger partial charge in [0.2, 0.25) is 0 Å². The van der Waals surface area contributed by atoms with Gasteiger partial charge in [0.25, 0.3) is 17.7 Å². The molecular weight excluding hydrogens is 366 g/mol. The Balaban J connectivity index is 1.72. The fraction of sp³-hybridized carbons (Fsp3) is 0.0870. The molecule has 1 aliphatic rings. The zero-order valence-electron chi connectivity index (χ0n) is 15.8. The van der Waals surface area contributed by atoms with E-state index in [-0.39, 0.29) is 17.7 Å². The Hall–Kier alpha value is -3.93. The molecule has 0 aliphatic carbocycles. The zero-order chi connectivity index (χ0) is 20.5. The first kappa shape index (κ1) is 18.4. The Bertz CT molecular complexity index is 1120. The monoisotopic (exact) mass is 385 g/mol. The first-order valence-corrected chi connectivity index (χ1v) is 9.28. The number of rotatable bonds is 4. The fourth-order valence-corrected chi connectivity index (χ4v) is 3.43. The number of para-hydroxylation sites is 2. The van der Waals surface area contributed by atoms with Gasteiger partial charge in [0.05, 0.1) is 28.2 Å². The van der Waals surface area contributed by atoms with Crippen LogP contribution in [0.5, 0.6) is 0 Å². The molecule has 4 rings (SSSR count). The van der Waals surface area contributed by atoms with Crippen LogP contribution in [0.4, 0.5) is 17.1 Å². The number of hydrogen-bond donors (Lipinski definition) is 2. The summed E-state index contributed by atoms with van der Waals surface area (Å²) in [5, 5.41) is 2.77. The highest BCUT2D eigenvalue weighted by molar-refractivity contribution is 6.34. The van der Waals surface area contributed by atoms with Crippen LogP contribution in [0.1, 0.15) is 43.6 Å². The number of nitrogens with two attached hydrogens (primary N) is 1. The number of anilines is 3. The van der Waals surface area contributed by atoms with Crippen molar-refractivity contribution in [3.8, 4) is 0 Å². The van der Waals surface area contributed by atoms with Crippen LogP contribution in [0, 0.1) is 0 Å². The topological polar surface area (TPSA) is 92.5 Å². The van der Waals surface area contributed by atoms with Crippen molar-refractivity contribution in [2.45, 2.75) is 13.3 Å². The molecule has 3 N–H and O–H groups in total. The molecule has 6 nitrogen and oxygen atoms in total. The third-order valence-corrected chi connectivity index (χ3v) is 4.97. The van der Waals surface area contributed by atoms with Crippen molar-refractivity contribution in [3.63, 3.8) is 0 Å². The summed E-state index contributed by atoms with van der Waals surface area (Å²) in [4.78, 5) is 39.7. The Morgan fingerprint density at radius 2 is 1.55 bits per heavy atom. The minimum atomic E-state index is -0.384. The molecule has 0 bridgehead atoms. The van der Waals surface area contributed by atoms with E-state index in [1.165, 1.54) is 0 Å². The predicted molar refractivity (Wildman–Crippen MR) is 112 cm³/mol. The first-order chi connectivity index (χ1) is 14.0. The van der Waals surface area contributed by atoms with Crippen molar-refractivity contribution in [2.24, 2.45) is 0 Å². The summed E-state index contributed by atoms with van der Waals surface area (Å²) in [6, 6.07) is 18.7. The van der Waals surface area contributed by atoms with Gasteiger partial charge in [-0.3, -0.25) is 14.4 Å². The van der Waals surface area contributed by atoms with E-state index < -0.39 is 0 Å². The standard InChI is InChI=1S/C23H19N3O3/c1-2-14-11-12-15(21(27)25-19-10-6-5-9-18(19)24)13-20(14)26-22(28)16-7-3-4-8-17(16)23(26)29/h3-13H,2,24H2,1H3,(H,25,27). The maximum absolute atomic E-state index is 12.9. The van der Waals surface area contributed by atoms with Gasteiger partial charge in [0.15, 0.2) is 0 Å². The Kier molecular flexibility index (Phi) is 4.60. The number of aryl methyl sites for hydroxylation is 1. The summed E-state index contributed by atoms with van der Waals surface area (Å²) in [5.74, 6) is -1.14. The van der Waals surface area contributed by atoms with Crippen LogP contribution in [0.3, 0.4) is 0 Å². The van der Waals surface area contributed by atoms with Gasteiger partial charge >= 0.3 is 0 Å². The van der Waals surface area contributed by atoms with E-state index >= 15 is 0 Å². The molecular formula is C23H19N3O3. The molecule has 6 heteroatoms. The van der Waals surface area contributed by atoms with E-state index in [4.69, 9.17) is 5.73 Å². The lowest BCUT2D eigenvalue weighted by molar-refractivity contribution is 0.0923. The van der Waals surface area contributed by atoms with Crippen LogP contribution in [-0.2, 0) is 6.42 Å². The zero-order valence-corrected chi connectivity index (χ0v) is 15.8. The molecule has 144 valence electrons. The molecule has 3 aromatic rings. The lowest BCUT2D eigenvalue weighted by Gasteiger charge is -2.19. The molecule has 0 aromatic heterocycles. The minimum Gasteiger partial charge on any atom is -0.397 e. The minimum absolute atomic E-state index is 0.331. The summed E-state index contributed by atoms with van der Waals surface area (Å²) in [7, 11) is 0. The van der Waals surface area contributed by atoms with Crippen molar-refractivity contribution < 1.29 is 14.4 Å². The van der Waals surface area contributed by atoms with Gasteiger partial charge in [0, 0.05) is 5.56 Å². The van der Waals surface area contributed by atoms with Crippen LogP contribution in [0.25, 0.3) is 0 Å². The predicted octanol–water partition coefficient (Wildman–Crippen LogP) is 3.88. The number of nitrogens with zero attached hydrogens (tertiary/aromatic N) is 1. The maximum atomic E-state index is 12.9. The average Bonchev–Trinajstić information content (AvgIpc) is 2.99. The van der Waals surface area contributed by atoms with E-state index in [1.54, 1.807) is 66.7 Å². The van der Waals surface area contributed by atoms with Crippen LogP contribution >= 0.6 is 0 Å². The smallest absolute Gasteiger partial charge is 0.266 e. The number of fused-ring (bicyclic) bond motifs is 1. The lowest BCUT2D eigenvalue weighted by atomic mass is 10.0. The largest absolute Gasteiger partial charge is 0.397 e. The molecule has 0 saturated carbocycles. The summed E-state index contributed by atoms with van der Waals surface area (Å²) in [5.41, 5.74) is 9.13. The maximum Gasteiger partial charge on any atom is 0.266 e. The van der Waals surface area contributed by atoms with Gasteiger partial charge in [0.1, 0.15) is 0 Å². The number of carbonyl (C=O) groups excluding carboxylic acids is 3. The molecule has 3 aromatic carbocycles. The van der Waals surface area contributed by atoms with Gasteiger partial charge in [-0.2, -0.15) is 0 Å². The second kappa shape index (κ2) is 7.24. The Morgan fingerprint density at radius 3 is 2.17 bits per heavy atom. The van der Waals surface area contributed by atoms with Crippen LogP contribution in [0.2, 0.25) is 0 Å². The summed E-state index contributed by atoms with van der Waals surface area (Å²) < 4.78 is 0. The van der Waals surface area contributed by atoms with Gasteiger partial charge in [-0.15, -0.1) is 0 Å². The molecule has 1 heterocycles. The number of hydrogen-bond acceptors (Lipinski definition) is 4. The molecule has 0 spiro atoms. The quantitative estimate of drug-likeness (QED) is 0.526. The van der Waals surface area contributed by atoms with E-state index in [0.29, 0.717) is 40.2 Å². The molecule has 3 amide bonds. The highest BCUT2D eigenvalue weighted by Crippen LogP contribution is 2.32.